The van der Waals surface area contributed by atoms with Crippen LogP contribution in [0.1, 0.15) is 19.3 Å². The molecule has 0 unspecified atom stereocenters. The molecule has 1 fully saturated rings. The van der Waals surface area contributed by atoms with Crippen LogP contribution in [-0.2, 0) is 14.8 Å². The van der Waals surface area contributed by atoms with Gasteiger partial charge < -0.3 is 10.1 Å². The number of aromatic nitrogens is 1. The summed E-state index contributed by atoms with van der Waals surface area (Å²) >= 11 is 7.13. The lowest BCUT2D eigenvalue weighted by atomic mass is 10.0. The van der Waals surface area contributed by atoms with E-state index in [0.29, 0.717) is 30.1 Å². The second-order valence-electron chi connectivity index (χ2n) is 7.46. The third-order valence-electron chi connectivity index (χ3n) is 5.36. The van der Waals surface area contributed by atoms with Gasteiger partial charge >= 0.3 is 0 Å². The topological polar surface area (TPSA) is 88.6 Å². The summed E-state index contributed by atoms with van der Waals surface area (Å²) in [6, 6.07) is 9.71. The van der Waals surface area contributed by atoms with E-state index in [1.807, 2.05) is 24.3 Å². The van der Waals surface area contributed by atoms with E-state index in [9.17, 15) is 17.6 Å². The van der Waals surface area contributed by atoms with Crippen molar-refractivity contribution in [1.29, 1.82) is 0 Å². The van der Waals surface area contributed by atoms with Crippen LogP contribution in [0.25, 0.3) is 11.3 Å². The van der Waals surface area contributed by atoms with Crippen LogP contribution in [-0.4, -0.2) is 43.3 Å². The quantitative estimate of drug-likeness (QED) is 0.516. The van der Waals surface area contributed by atoms with E-state index < -0.39 is 32.7 Å². The van der Waals surface area contributed by atoms with Crippen LogP contribution in [0.2, 0.25) is 5.02 Å². The normalized spacial score (nSPS) is 17.0. The molecule has 174 valence electrons. The van der Waals surface area contributed by atoms with Gasteiger partial charge in [0.15, 0.2) is 5.13 Å². The lowest BCUT2D eigenvalue weighted by Gasteiger charge is -2.33. The van der Waals surface area contributed by atoms with Gasteiger partial charge in [-0.05, 0) is 55.3 Å². The van der Waals surface area contributed by atoms with E-state index in [2.05, 4.69) is 10.3 Å². The smallest absolute Gasteiger partial charge is 0.246 e. The minimum Gasteiger partial charge on any atom is -0.497 e. The largest absolute Gasteiger partial charge is 0.497 e. The highest BCUT2D eigenvalue weighted by Gasteiger charge is 2.39. The SMILES string of the molecule is COc1ccc(-c2csc(NC(=O)[C@H]3CCCCN3S(=O)(=O)c3cc(Cl)ccc3F)n2)cc1. The number of hydrogen-bond acceptors (Lipinski definition) is 6. The number of thiazole rings is 1. The second kappa shape index (κ2) is 9.76. The Hall–Kier alpha value is -2.53. The number of nitrogens with one attached hydrogen (secondary N) is 1. The number of hydrogen-bond donors (Lipinski definition) is 1. The number of sulfonamides is 1. The van der Waals surface area contributed by atoms with Crippen molar-refractivity contribution in [3.05, 3.63) is 58.7 Å². The molecule has 0 aliphatic carbocycles. The molecule has 0 radical (unpaired) electrons. The van der Waals surface area contributed by atoms with Gasteiger partial charge in [0.1, 0.15) is 22.5 Å². The Labute approximate surface area is 200 Å². The number of carbonyl (C=O) groups excluding carboxylic acids is 1. The summed E-state index contributed by atoms with van der Waals surface area (Å²) in [6.45, 7) is 0.112. The van der Waals surface area contributed by atoms with Gasteiger partial charge in [0.25, 0.3) is 0 Å². The molecule has 3 aromatic rings. The predicted octanol–water partition coefficient (Wildman–Crippen LogP) is 4.79. The maximum atomic E-state index is 14.3. The fraction of sp³-hybridized carbons (Fsp3) is 0.273. The van der Waals surface area contributed by atoms with Crippen LogP contribution < -0.4 is 10.1 Å². The van der Waals surface area contributed by atoms with Crippen molar-refractivity contribution in [3.8, 4) is 17.0 Å². The summed E-state index contributed by atoms with van der Waals surface area (Å²) in [6.07, 6.45) is 1.57. The molecule has 11 heteroatoms. The monoisotopic (exact) mass is 509 g/mol. The number of anilines is 1. The molecule has 1 aliphatic heterocycles. The van der Waals surface area contributed by atoms with Crippen LogP contribution in [0.15, 0.2) is 52.7 Å². The maximum absolute atomic E-state index is 14.3. The predicted molar refractivity (Wildman–Crippen MR) is 126 cm³/mol. The molecule has 33 heavy (non-hydrogen) atoms. The molecule has 2 heterocycles. The van der Waals surface area contributed by atoms with E-state index in [1.165, 1.54) is 17.4 Å². The molecular formula is C22H21ClFN3O4S2. The number of amides is 1. The van der Waals surface area contributed by atoms with Crippen molar-refractivity contribution < 1.29 is 22.3 Å². The molecule has 2 aromatic carbocycles. The fourth-order valence-corrected chi connectivity index (χ4v) is 6.38. The lowest BCUT2D eigenvalue weighted by Crippen LogP contribution is -2.50. The summed E-state index contributed by atoms with van der Waals surface area (Å²) in [5, 5.41) is 4.97. The Morgan fingerprint density at radius 1 is 1.24 bits per heavy atom. The first-order valence-electron chi connectivity index (χ1n) is 10.2. The number of halogens is 2. The van der Waals surface area contributed by atoms with E-state index in [-0.39, 0.29) is 11.6 Å². The average molecular weight is 510 g/mol. The molecule has 1 N–H and O–H groups in total. The van der Waals surface area contributed by atoms with Gasteiger partial charge in [0.05, 0.1) is 12.8 Å². The van der Waals surface area contributed by atoms with Gasteiger partial charge in [0.2, 0.25) is 15.9 Å². The highest BCUT2D eigenvalue weighted by Crippen LogP contribution is 2.31. The molecule has 0 bridgehead atoms. The standard InChI is InChI=1S/C22H21ClFN3O4S2/c1-31-16-8-5-14(6-9-16)18-13-32-22(25-18)26-21(28)19-4-2-3-11-27(19)33(29,30)20-12-15(23)7-10-17(20)24/h5-10,12-13,19H,2-4,11H2,1H3,(H,25,26,28)/t19-/m1/s1. The zero-order chi connectivity index (χ0) is 23.6. The van der Waals surface area contributed by atoms with E-state index in [4.69, 9.17) is 16.3 Å². The molecular weight excluding hydrogens is 489 g/mol. The molecule has 4 rings (SSSR count). The van der Waals surface area contributed by atoms with Crippen LogP contribution in [0.5, 0.6) is 5.75 Å². The molecule has 0 spiro atoms. The van der Waals surface area contributed by atoms with Gasteiger partial charge in [-0.2, -0.15) is 4.31 Å². The van der Waals surface area contributed by atoms with Crippen LogP contribution >= 0.6 is 22.9 Å². The lowest BCUT2D eigenvalue weighted by molar-refractivity contribution is -0.120. The Bertz CT molecular complexity index is 1260. The van der Waals surface area contributed by atoms with Crippen molar-refractivity contribution in [1.82, 2.24) is 9.29 Å². The zero-order valence-corrected chi connectivity index (χ0v) is 20.0. The van der Waals surface area contributed by atoms with E-state index in [0.717, 1.165) is 27.8 Å². The van der Waals surface area contributed by atoms with E-state index >= 15 is 0 Å². The minimum atomic E-state index is -4.26. The first kappa shape index (κ1) is 23.6. The molecule has 0 saturated carbocycles. The van der Waals surface area contributed by atoms with Gasteiger partial charge in [0, 0.05) is 22.5 Å². The first-order valence-corrected chi connectivity index (χ1v) is 12.9. The van der Waals surface area contributed by atoms with Crippen molar-refractivity contribution in [3.63, 3.8) is 0 Å². The summed E-state index contributed by atoms with van der Waals surface area (Å²) in [5.74, 6) is -0.693. The number of benzene rings is 2. The van der Waals surface area contributed by atoms with E-state index in [1.54, 1.807) is 12.5 Å². The Balaban J connectivity index is 1.54. The Morgan fingerprint density at radius 3 is 2.73 bits per heavy atom. The van der Waals surface area contributed by atoms with Crippen LogP contribution in [0.4, 0.5) is 9.52 Å². The maximum Gasteiger partial charge on any atom is 0.246 e. The van der Waals surface area contributed by atoms with Gasteiger partial charge in [-0.1, -0.05) is 18.0 Å². The molecule has 1 atom stereocenters. The highest BCUT2D eigenvalue weighted by molar-refractivity contribution is 7.89. The summed E-state index contributed by atoms with van der Waals surface area (Å²) in [7, 11) is -2.68. The number of rotatable bonds is 6. The number of nitrogens with zero attached hydrogens (tertiary/aromatic N) is 2. The van der Waals surface area contributed by atoms with Crippen molar-refractivity contribution in [2.45, 2.75) is 30.2 Å². The van der Waals surface area contributed by atoms with Crippen molar-refractivity contribution >= 4 is 44.0 Å². The average Bonchev–Trinajstić information content (AvgIpc) is 3.29. The minimum absolute atomic E-state index is 0.0989. The first-order chi connectivity index (χ1) is 15.8. The second-order valence-corrected chi connectivity index (χ2v) is 10.6. The third-order valence-corrected chi connectivity index (χ3v) is 8.27. The Kier molecular flexibility index (Phi) is 6.99. The third kappa shape index (κ3) is 5.03. The number of methoxy groups -OCH3 is 1. The summed E-state index contributed by atoms with van der Waals surface area (Å²) in [5.41, 5.74) is 1.53. The highest BCUT2D eigenvalue weighted by atomic mass is 35.5. The molecule has 7 nitrogen and oxygen atoms in total. The van der Waals surface area contributed by atoms with Crippen molar-refractivity contribution in [2.75, 3.05) is 19.0 Å². The van der Waals surface area contributed by atoms with Gasteiger partial charge in [-0.25, -0.2) is 17.8 Å². The fourth-order valence-electron chi connectivity index (χ4n) is 3.67. The molecule has 1 aromatic heterocycles. The summed E-state index contributed by atoms with van der Waals surface area (Å²) < 4.78 is 46.9. The van der Waals surface area contributed by atoms with Gasteiger partial charge in [-0.3, -0.25) is 4.79 Å². The number of ether oxygens (including phenoxy) is 1. The Morgan fingerprint density at radius 2 is 2.00 bits per heavy atom. The van der Waals surface area contributed by atoms with Gasteiger partial charge in [-0.15, -0.1) is 11.3 Å². The number of piperidine rings is 1. The van der Waals surface area contributed by atoms with Crippen LogP contribution in [0, 0.1) is 5.82 Å². The number of carbonyl (C=O) groups is 1. The molecule has 1 saturated heterocycles. The van der Waals surface area contributed by atoms with Crippen molar-refractivity contribution in [2.24, 2.45) is 0 Å². The zero-order valence-electron chi connectivity index (χ0n) is 17.6. The van der Waals surface area contributed by atoms with Crippen LogP contribution in [0.3, 0.4) is 0 Å². The summed E-state index contributed by atoms with van der Waals surface area (Å²) in [4.78, 5) is 17.0. The molecule has 1 aliphatic rings. The molecule has 1 amide bonds.